The van der Waals surface area contributed by atoms with Gasteiger partial charge in [0.25, 0.3) is 6.43 Å². The molecule has 0 fully saturated rings. The van der Waals surface area contributed by atoms with E-state index in [4.69, 9.17) is 11.6 Å². The molecular weight excluding hydrogens is 251 g/mol. The average Bonchev–Trinajstić information content (AvgIpc) is 1.96. The largest absolute Gasteiger partial charge is 0.280 e. The predicted octanol–water partition coefficient (Wildman–Crippen LogP) is 3.74. The number of aromatic nitrogens is 1. The van der Waals surface area contributed by atoms with Crippen molar-refractivity contribution in [1.82, 2.24) is 4.98 Å². The van der Waals surface area contributed by atoms with E-state index in [1.54, 1.807) is 6.92 Å². The van der Waals surface area contributed by atoms with Crippen LogP contribution in [0.5, 0.6) is 0 Å². The molecule has 1 nitrogen and oxygen atoms in total. The van der Waals surface area contributed by atoms with Crippen molar-refractivity contribution in [3.63, 3.8) is 0 Å². The van der Waals surface area contributed by atoms with Gasteiger partial charge in [0.15, 0.2) is 0 Å². The molecule has 0 saturated carbocycles. The number of hydrogen-bond donors (Lipinski definition) is 0. The molecule has 0 aromatic carbocycles. The number of halogens is 4. The fraction of sp³-hybridized carbons (Fsp3) is 0.286. The zero-order valence-electron chi connectivity index (χ0n) is 6.11. The van der Waals surface area contributed by atoms with Gasteiger partial charge in [-0.3, -0.25) is 0 Å². The number of alkyl halides is 2. The minimum atomic E-state index is -2.57. The SMILES string of the molecule is Cc1cc(Br)c(Cl)nc1C(F)F. The molecule has 0 atom stereocenters. The molecule has 0 radical (unpaired) electrons. The van der Waals surface area contributed by atoms with Crippen LogP contribution in [0.4, 0.5) is 8.78 Å². The third-order valence-corrected chi connectivity index (χ3v) is 2.49. The summed E-state index contributed by atoms with van der Waals surface area (Å²) in [7, 11) is 0. The van der Waals surface area contributed by atoms with Crippen LogP contribution in [0.15, 0.2) is 10.5 Å². The third kappa shape index (κ3) is 1.93. The van der Waals surface area contributed by atoms with Crippen LogP contribution in [0.25, 0.3) is 0 Å². The summed E-state index contributed by atoms with van der Waals surface area (Å²) in [6, 6.07) is 1.52. The van der Waals surface area contributed by atoms with Crippen LogP contribution in [0.2, 0.25) is 5.15 Å². The molecule has 1 heterocycles. The molecule has 5 heteroatoms. The van der Waals surface area contributed by atoms with Gasteiger partial charge in [0, 0.05) is 0 Å². The third-order valence-electron chi connectivity index (χ3n) is 1.37. The topological polar surface area (TPSA) is 12.9 Å². The van der Waals surface area contributed by atoms with Crippen molar-refractivity contribution in [3.8, 4) is 0 Å². The van der Waals surface area contributed by atoms with Crippen molar-refractivity contribution in [2.45, 2.75) is 13.3 Å². The Morgan fingerprint density at radius 1 is 1.58 bits per heavy atom. The number of nitrogens with zero attached hydrogens (tertiary/aromatic N) is 1. The molecule has 66 valence electrons. The molecule has 1 aromatic rings. The normalized spacial score (nSPS) is 10.8. The molecule has 0 spiro atoms. The summed E-state index contributed by atoms with van der Waals surface area (Å²) in [4.78, 5) is 3.54. The lowest BCUT2D eigenvalue weighted by Crippen LogP contribution is -1.95. The van der Waals surface area contributed by atoms with E-state index < -0.39 is 6.43 Å². The van der Waals surface area contributed by atoms with Crippen LogP contribution < -0.4 is 0 Å². The average molecular weight is 256 g/mol. The van der Waals surface area contributed by atoms with Crippen molar-refractivity contribution in [2.75, 3.05) is 0 Å². The highest BCUT2D eigenvalue weighted by Gasteiger charge is 2.14. The van der Waals surface area contributed by atoms with Gasteiger partial charge in [-0.2, -0.15) is 0 Å². The molecule has 0 aliphatic heterocycles. The molecule has 0 aliphatic rings. The minimum Gasteiger partial charge on any atom is -0.234 e. The maximum Gasteiger partial charge on any atom is 0.280 e. The van der Waals surface area contributed by atoms with E-state index in [2.05, 4.69) is 20.9 Å². The predicted molar refractivity (Wildman–Crippen MR) is 46.6 cm³/mol. The smallest absolute Gasteiger partial charge is 0.234 e. The monoisotopic (exact) mass is 255 g/mol. The van der Waals surface area contributed by atoms with Crippen LogP contribution in [0.1, 0.15) is 17.7 Å². The first kappa shape index (κ1) is 9.86. The van der Waals surface area contributed by atoms with Crippen LogP contribution in [-0.4, -0.2) is 4.98 Å². The lowest BCUT2D eigenvalue weighted by molar-refractivity contribution is 0.145. The summed E-state index contributed by atoms with van der Waals surface area (Å²) in [6.07, 6.45) is -2.57. The summed E-state index contributed by atoms with van der Waals surface area (Å²) < 4.78 is 24.9. The van der Waals surface area contributed by atoms with Gasteiger partial charge in [0.1, 0.15) is 10.8 Å². The van der Waals surface area contributed by atoms with Crippen molar-refractivity contribution < 1.29 is 8.78 Å². The number of aryl methyl sites for hydroxylation is 1. The summed E-state index contributed by atoms with van der Waals surface area (Å²) in [5, 5.41) is 0.0656. The Morgan fingerprint density at radius 3 is 2.67 bits per heavy atom. The second kappa shape index (κ2) is 3.66. The second-order valence-corrected chi connectivity index (χ2v) is 3.48. The fourth-order valence-electron chi connectivity index (χ4n) is 0.792. The number of pyridine rings is 1. The zero-order valence-corrected chi connectivity index (χ0v) is 8.46. The van der Waals surface area contributed by atoms with Crippen molar-refractivity contribution in [2.24, 2.45) is 0 Å². The minimum absolute atomic E-state index is 0.0656. The lowest BCUT2D eigenvalue weighted by Gasteiger charge is -2.04. The zero-order chi connectivity index (χ0) is 9.30. The van der Waals surface area contributed by atoms with Gasteiger partial charge in [-0.05, 0) is 34.5 Å². The Hall–Kier alpha value is -0.220. The van der Waals surface area contributed by atoms with Crippen LogP contribution >= 0.6 is 27.5 Å². The van der Waals surface area contributed by atoms with Gasteiger partial charge >= 0.3 is 0 Å². The van der Waals surface area contributed by atoms with E-state index in [1.807, 2.05) is 0 Å². The standard InChI is InChI=1S/C7H5BrClF2N/c1-3-2-4(8)6(9)12-5(3)7(10)11/h2,7H,1H3. The lowest BCUT2D eigenvalue weighted by atomic mass is 10.2. The van der Waals surface area contributed by atoms with E-state index in [0.29, 0.717) is 10.0 Å². The highest BCUT2D eigenvalue weighted by atomic mass is 79.9. The van der Waals surface area contributed by atoms with Crippen molar-refractivity contribution in [1.29, 1.82) is 0 Å². The molecular formula is C7H5BrClF2N. The quantitative estimate of drug-likeness (QED) is 0.698. The Balaban J connectivity index is 3.23. The van der Waals surface area contributed by atoms with Gasteiger partial charge in [-0.25, -0.2) is 13.8 Å². The van der Waals surface area contributed by atoms with Gasteiger partial charge in [0.2, 0.25) is 0 Å². The molecule has 1 aromatic heterocycles. The van der Waals surface area contributed by atoms with E-state index in [9.17, 15) is 8.78 Å². The molecule has 0 aliphatic carbocycles. The summed E-state index contributed by atoms with van der Waals surface area (Å²) >= 11 is 8.63. The molecule has 0 amide bonds. The van der Waals surface area contributed by atoms with Crippen LogP contribution in [0.3, 0.4) is 0 Å². The maximum atomic E-state index is 12.2. The Labute approximate surface area is 81.9 Å². The highest BCUT2D eigenvalue weighted by molar-refractivity contribution is 9.10. The van der Waals surface area contributed by atoms with Crippen LogP contribution in [0, 0.1) is 6.92 Å². The Kier molecular flexibility index (Phi) is 3.01. The molecule has 1 rings (SSSR count). The fourth-order valence-corrected chi connectivity index (χ4v) is 1.37. The van der Waals surface area contributed by atoms with Crippen LogP contribution in [-0.2, 0) is 0 Å². The second-order valence-electron chi connectivity index (χ2n) is 2.26. The first-order chi connectivity index (χ1) is 5.52. The number of rotatable bonds is 1. The summed E-state index contributed by atoms with van der Waals surface area (Å²) in [5.74, 6) is 0. The Bertz CT molecular complexity index is 304. The van der Waals surface area contributed by atoms with E-state index in [1.165, 1.54) is 6.07 Å². The van der Waals surface area contributed by atoms with E-state index in [-0.39, 0.29) is 10.8 Å². The van der Waals surface area contributed by atoms with Gasteiger partial charge in [0.05, 0.1) is 4.47 Å². The molecule has 0 saturated heterocycles. The van der Waals surface area contributed by atoms with E-state index >= 15 is 0 Å². The van der Waals surface area contributed by atoms with Crippen molar-refractivity contribution >= 4 is 27.5 Å². The Morgan fingerprint density at radius 2 is 2.17 bits per heavy atom. The maximum absolute atomic E-state index is 12.2. The highest BCUT2D eigenvalue weighted by Crippen LogP contribution is 2.27. The van der Waals surface area contributed by atoms with E-state index in [0.717, 1.165) is 0 Å². The molecule has 12 heavy (non-hydrogen) atoms. The molecule has 0 bridgehead atoms. The first-order valence-electron chi connectivity index (χ1n) is 3.13. The molecule has 0 N–H and O–H groups in total. The first-order valence-corrected chi connectivity index (χ1v) is 4.30. The van der Waals surface area contributed by atoms with Gasteiger partial charge in [-0.1, -0.05) is 11.6 Å². The molecule has 0 unspecified atom stereocenters. The van der Waals surface area contributed by atoms with Crippen molar-refractivity contribution in [3.05, 3.63) is 26.9 Å². The number of hydrogen-bond acceptors (Lipinski definition) is 1. The summed E-state index contributed by atoms with van der Waals surface area (Å²) in [6.45, 7) is 1.57. The summed E-state index contributed by atoms with van der Waals surface area (Å²) in [5.41, 5.74) is 0.171. The van der Waals surface area contributed by atoms with Gasteiger partial charge < -0.3 is 0 Å². The van der Waals surface area contributed by atoms with Gasteiger partial charge in [-0.15, -0.1) is 0 Å².